The fraction of sp³-hybridized carbons (Fsp3) is 0.200. The maximum atomic E-state index is 13.1. The zero-order valence-electron chi connectivity index (χ0n) is 15.4. The van der Waals surface area contributed by atoms with Crippen molar-refractivity contribution in [3.05, 3.63) is 64.1 Å². The van der Waals surface area contributed by atoms with E-state index in [9.17, 15) is 18.8 Å². The van der Waals surface area contributed by atoms with E-state index < -0.39 is 11.8 Å². The highest BCUT2D eigenvalue weighted by Crippen LogP contribution is 2.33. The van der Waals surface area contributed by atoms with Crippen LogP contribution in [0.2, 0.25) is 0 Å². The Labute approximate surface area is 176 Å². The number of thioether (sulfide) groups is 1. The van der Waals surface area contributed by atoms with Gasteiger partial charge in [0.05, 0.1) is 4.91 Å². The molecular formula is C20H17FN2O4S2. The number of thiocarbonyl (C=S) groups is 1. The number of benzene rings is 1. The van der Waals surface area contributed by atoms with Crippen LogP contribution >= 0.6 is 24.0 Å². The summed E-state index contributed by atoms with van der Waals surface area (Å²) in [6.07, 6.45) is 3.57. The zero-order valence-corrected chi connectivity index (χ0v) is 17.1. The predicted molar refractivity (Wildman–Crippen MR) is 112 cm³/mol. The van der Waals surface area contributed by atoms with Gasteiger partial charge in [-0.05, 0) is 42.8 Å². The van der Waals surface area contributed by atoms with E-state index in [2.05, 4.69) is 0 Å². The molecule has 1 aliphatic heterocycles. The molecular weight excluding hydrogens is 415 g/mol. The molecule has 150 valence electrons. The highest BCUT2D eigenvalue weighted by atomic mass is 32.2. The second-order valence-corrected chi connectivity index (χ2v) is 8.11. The summed E-state index contributed by atoms with van der Waals surface area (Å²) in [6, 6.07) is 6.96. The molecule has 0 spiro atoms. The number of hydrogen-bond donors (Lipinski definition) is 1. The number of carboxylic acid groups (broad SMARTS) is 1. The quantitative estimate of drug-likeness (QED) is 0.410. The summed E-state index contributed by atoms with van der Waals surface area (Å²) < 4.78 is 15.2. The average Bonchev–Trinajstić information content (AvgIpc) is 3.16. The second-order valence-electron chi connectivity index (χ2n) is 6.43. The molecule has 1 N–H and O–H groups in total. The molecule has 3 rings (SSSR count). The molecule has 1 saturated heterocycles. The smallest absolute Gasteiger partial charge is 0.303 e. The van der Waals surface area contributed by atoms with Gasteiger partial charge in [0.25, 0.3) is 5.91 Å². The number of hydrogen-bond acceptors (Lipinski definition) is 5. The molecule has 2 heterocycles. The molecule has 1 amide bonds. The maximum Gasteiger partial charge on any atom is 0.303 e. The third-order valence-corrected chi connectivity index (χ3v) is 5.71. The summed E-state index contributed by atoms with van der Waals surface area (Å²) in [7, 11) is 1.75. The Hall–Kier alpha value is -2.78. The molecule has 0 bridgehead atoms. The normalized spacial score (nSPS) is 15.4. The Morgan fingerprint density at radius 2 is 1.93 bits per heavy atom. The molecule has 1 fully saturated rings. The van der Waals surface area contributed by atoms with Crippen molar-refractivity contribution in [1.82, 2.24) is 9.47 Å². The number of carboxylic acids is 1. The first-order chi connectivity index (χ1) is 13.8. The molecule has 1 aromatic carbocycles. The highest BCUT2D eigenvalue weighted by Gasteiger charge is 2.32. The second kappa shape index (κ2) is 8.71. The zero-order chi connectivity index (χ0) is 21.1. The van der Waals surface area contributed by atoms with Crippen molar-refractivity contribution in [3.8, 4) is 0 Å². The minimum Gasteiger partial charge on any atom is -0.481 e. The van der Waals surface area contributed by atoms with Crippen molar-refractivity contribution in [2.75, 3.05) is 6.54 Å². The number of carbonyl (C=O) groups is 3. The van der Waals surface area contributed by atoms with Crippen LogP contribution in [0, 0.1) is 5.82 Å². The van der Waals surface area contributed by atoms with E-state index in [-0.39, 0.29) is 24.7 Å². The van der Waals surface area contributed by atoms with E-state index in [1.54, 1.807) is 30.0 Å². The van der Waals surface area contributed by atoms with Gasteiger partial charge >= 0.3 is 5.97 Å². The van der Waals surface area contributed by atoms with Gasteiger partial charge in [0.1, 0.15) is 10.1 Å². The molecule has 9 heteroatoms. The van der Waals surface area contributed by atoms with E-state index in [1.807, 2.05) is 0 Å². The van der Waals surface area contributed by atoms with Crippen LogP contribution in [0.1, 0.15) is 34.5 Å². The van der Waals surface area contributed by atoms with Gasteiger partial charge in [0.15, 0.2) is 5.78 Å². The lowest BCUT2D eigenvalue weighted by Crippen LogP contribution is -2.29. The number of halogens is 1. The van der Waals surface area contributed by atoms with Crippen molar-refractivity contribution in [1.29, 1.82) is 0 Å². The number of aromatic nitrogens is 1. The van der Waals surface area contributed by atoms with Gasteiger partial charge in [0, 0.05) is 43.0 Å². The van der Waals surface area contributed by atoms with Crippen LogP contribution in [-0.2, 0) is 16.6 Å². The van der Waals surface area contributed by atoms with E-state index in [1.165, 1.54) is 29.2 Å². The van der Waals surface area contributed by atoms with Gasteiger partial charge in [-0.15, -0.1) is 0 Å². The molecule has 0 atom stereocenters. The number of rotatable bonds is 7. The molecule has 6 nitrogen and oxygen atoms in total. The average molecular weight is 432 g/mol. The van der Waals surface area contributed by atoms with Crippen molar-refractivity contribution >= 4 is 52.0 Å². The van der Waals surface area contributed by atoms with Crippen molar-refractivity contribution in [3.63, 3.8) is 0 Å². The monoisotopic (exact) mass is 432 g/mol. The summed E-state index contributed by atoms with van der Waals surface area (Å²) in [5.74, 6) is -1.87. The summed E-state index contributed by atoms with van der Waals surface area (Å²) in [5.41, 5.74) is 1.43. The first kappa shape index (κ1) is 20.9. The van der Waals surface area contributed by atoms with Crippen LogP contribution in [0.25, 0.3) is 6.08 Å². The van der Waals surface area contributed by atoms with E-state index in [0.717, 1.165) is 11.8 Å². The molecule has 2 aromatic rings. The third kappa shape index (κ3) is 4.80. The Morgan fingerprint density at radius 3 is 2.59 bits per heavy atom. The number of nitrogens with zero attached hydrogens (tertiary/aromatic N) is 2. The largest absolute Gasteiger partial charge is 0.481 e. The summed E-state index contributed by atoms with van der Waals surface area (Å²) in [5, 5.41) is 8.74. The molecule has 29 heavy (non-hydrogen) atoms. The number of carbonyl (C=O) groups excluding carboxylic acids is 2. The minimum absolute atomic E-state index is 0.0389. The van der Waals surface area contributed by atoms with Crippen LogP contribution < -0.4 is 0 Å². The van der Waals surface area contributed by atoms with Gasteiger partial charge in [-0.1, -0.05) is 24.0 Å². The standard InChI is InChI=1S/C20H17FN2O4S2/c1-22-11-13(18(26)12-4-6-14(21)7-5-12)9-15(22)10-16-19(27)23(20(28)29-16)8-2-3-17(24)25/h4-7,9-11H,2-3,8H2,1H3,(H,24,25)/b16-10+. The Balaban J connectivity index is 1.78. The Kier molecular flexibility index (Phi) is 6.29. The number of amides is 1. The highest BCUT2D eigenvalue weighted by molar-refractivity contribution is 8.26. The van der Waals surface area contributed by atoms with Gasteiger partial charge in [0.2, 0.25) is 0 Å². The van der Waals surface area contributed by atoms with Gasteiger partial charge in [-0.2, -0.15) is 0 Å². The van der Waals surface area contributed by atoms with Crippen LogP contribution in [0.5, 0.6) is 0 Å². The molecule has 0 saturated carbocycles. The van der Waals surface area contributed by atoms with Crippen molar-refractivity contribution in [2.45, 2.75) is 12.8 Å². The lowest BCUT2D eigenvalue weighted by atomic mass is 10.1. The van der Waals surface area contributed by atoms with Crippen LogP contribution in [-0.4, -0.2) is 43.1 Å². The Morgan fingerprint density at radius 1 is 1.24 bits per heavy atom. The van der Waals surface area contributed by atoms with E-state index in [0.29, 0.717) is 32.5 Å². The summed E-state index contributed by atoms with van der Waals surface area (Å²) in [4.78, 5) is 37.6. The lowest BCUT2D eigenvalue weighted by Gasteiger charge is -2.13. The van der Waals surface area contributed by atoms with E-state index >= 15 is 0 Å². The first-order valence-corrected chi connectivity index (χ1v) is 9.92. The van der Waals surface area contributed by atoms with Crippen molar-refractivity contribution < 1.29 is 23.9 Å². The number of aliphatic carboxylic acids is 1. The van der Waals surface area contributed by atoms with Crippen LogP contribution in [0.15, 0.2) is 41.4 Å². The predicted octanol–water partition coefficient (Wildman–Crippen LogP) is 3.46. The first-order valence-electron chi connectivity index (χ1n) is 8.70. The van der Waals surface area contributed by atoms with Gasteiger partial charge in [-0.25, -0.2) is 4.39 Å². The van der Waals surface area contributed by atoms with E-state index in [4.69, 9.17) is 17.3 Å². The lowest BCUT2D eigenvalue weighted by molar-refractivity contribution is -0.137. The fourth-order valence-electron chi connectivity index (χ4n) is 2.83. The molecule has 1 aliphatic rings. The third-order valence-electron chi connectivity index (χ3n) is 4.34. The minimum atomic E-state index is -0.923. The molecule has 0 unspecified atom stereocenters. The topological polar surface area (TPSA) is 79.6 Å². The van der Waals surface area contributed by atoms with Crippen molar-refractivity contribution in [2.24, 2.45) is 7.05 Å². The SMILES string of the molecule is Cn1cc(C(=O)c2ccc(F)cc2)cc1/C=C1/SC(=S)N(CCCC(=O)O)C1=O. The van der Waals surface area contributed by atoms with Crippen LogP contribution in [0.3, 0.4) is 0 Å². The fourth-order valence-corrected chi connectivity index (χ4v) is 4.13. The maximum absolute atomic E-state index is 13.1. The number of ketones is 1. The molecule has 0 aliphatic carbocycles. The molecule has 0 radical (unpaired) electrons. The van der Waals surface area contributed by atoms with Gasteiger partial charge < -0.3 is 9.67 Å². The van der Waals surface area contributed by atoms with Crippen LogP contribution in [0.4, 0.5) is 4.39 Å². The number of aryl methyl sites for hydroxylation is 1. The Bertz CT molecular complexity index is 1030. The summed E-state index contributed by atoms with van der Waals surface area (Å²) >= 11 is 6.37. The van der Waals surface area contributed by atoms with Gasteiger partial charge in [-0.3, -0.25) is 19.3 Å². The summed E-state index contributed by atoms with van der Waals surface area (Å²) in [6.45, 7) is 0.246. The molecule has 1 aromatic heterocycles.